The molecule has 6 aromatic rings. The number of phenols is 1. The zero-order chi connectivity index (χ0) is 49.7. The van der Waals surface area contributed by atoms with Crippen molar-refractivity contribution >= 4 is 69.5 Å². The Hall–Kier alpha value is -7.23. The molecule has 0 aliphatic carbocycles. The number of rotatable bonds is 16. The lowest BCUT2D eigenvalue weighted by Gasteiger charge is -2.40. The Morgan fingerprint density at radius 1 is 0.986 bits per heavy atom. The van der Waals surface area contributed by atoms with Gasteiger partial charge in [-0.1, -0.05) is 44.7 Å². The number of phenolic OH excluding ortho intramolecular Hbond substituents is 1. The number of amides is 3. The average molecular weight is 969 g/mol. The van der Waals surface area contributed by atoms with Gasteiger partial charge >= 0.3 is 0 Å². The van der Waals surface area contributed by atoms with E-state index in [0.29, 0.717) is 58.9 Å². The van der Waals surface area contributed by atoms with Crippen LogP contribution in [0.2, 0.25) is 18.1 Å². The number of hydrogen-bond acceptors (Lipinski definition) is 12. The first kappa shape index (κ1) is 49.7. The number of methoxy groups -OCH3 is 1. The van der Waals surface area contributed by atoms with Crippen LogP contribution in [0.3, 0.4) is 0 Å². The monoisotopic (exact) mass is 968 g/mol. The number of benzene rings is 5. The van der Waals surface area contributed by atoms with Crippen LogP contribution in [0.4, 0.5) is 22.7 Å². The highest BCUT2D eigenvalue weighted by atomic mass is 32.2. The summed E-state index contributed by atoms with van der Waals surface area (Å²) in [6, 6.07) is 26.2. The average Bonchev–Trinajstić information content (AvgIpc) is 3.31. The van der Waals surface area contributed by atoms with Crippen LogP contribution in [-0.2, 0) is 19.1 Å². The number of aromatic hydroxyl groups is 1. The van der Waals surface area contributed by atoms with Gasteiger partial charge in [-0.2, -0.15) is 0 Å². The largest absolute Gasteiger partial charge is 0.506 e. The smallest absolute Gasteiger partial charge is 0.262 e. The predicted molar refractivity (Wildman–Crippen MR) is 270 cm³/mol. The molecule has 3 amide bonds. The molecule has 0 bridgehead atoms. The van der Waals surface area contributed by atoms with Crippen molar-refractivity contribution < 1.29 is 41.8 Å². The second kappa shape index (κ2) is 20.6. The third-order valence-corrected chi connectivity index (χ3v) is 18.4. The molecule has 1 aromatic heterocycles. The molecule has 0 spiro atoms. The molecule has 0 radical (unpaired) electrons. The second-order valence-electron chi connectivity index (χ2n) is 18.2. The second-order valence-corrected chi connectivity index (χ2v) is 24.9. The van der Waals surface area contributed by atoms with Crippen LogP contribution in [-0.4, -0.2) is 71.4 Å². The lowest BCUT2D eigenvalue weighted by atomic mass is 10.0. The summed E-state index contributed by atoms with van der Waals surface area (Å²) in [6.07, 6.45) is 2.35. The lowest BCUT2D eigenvalue weighted by Crippen LogP contribution is -2.43. The summed E-state index contributed by atoms with van der Waals surface area (Å²) in [6.45, 7) is 13.6. The van der Waals surface area contributed by atoms with Gasteiger partial charge in [-0.25, -0.2) is 8.42 Å². The molecule has 0 saturated carbocycles. The van der Waals surface area contributed by atoms with Crippen LogP contribution in [0.25, 0.3) is 10.9 Å². The van der Waals surface area contributed by atoms with Crippen LogP contribution in [0.1, 0.15) is 77.1 Å². The minimum absolute atomic E-state index is 0.0567. The SMILES string of the molecule is COc1cccc(Nc2c(C(N)=O)cnc3c(C)cc(S(=O)(=O)c4cccc(C(=O)Nc5ccc(C#CCCCNC[C@H](O[Si](C)(C)C(C)(C)C)c6ccc(O)c7c6OCC(=O)N7)cc5)c4)cc23)c1. The van der Waals surface area contributed by atoms with E-state index in [9.17, 15) is 27.9 Å². The maximum Gasteiger partial charge on any atom is 0.262 e. The summed E-state index contributed by atoms with van der Waals surface area (Å²) < 4.78 is 46.5. The summed E-state index contributed by atoms with van der Waals surface area (Å²) in [5, 5.41) is 23.0. The molecule has 0 saturated heterocycles. The minimum Gasteiger partial charge on any atom is -0.506 e. The fourth-order valence-corrected chi connectivity index (χ4v) is 10.1. The van der Waals surface area contributed by atoms with E-state index in [-0.39, 0.29) is 61.7 Å². The summed E-state index contributed by atoms with van der Waals surface area (Å²) in [7, 11) is -4.90. The van der Waals surface area contributed by atoms with Crippen molar-refractivity contribution in [1.82, 2.24) is 10.3 Å². The highest BCUT2D eigenvalue weighted by Gasteiger charge is 2.40. The highest BCUT2D eigenvalue weighted by Crippen LogP contribution is 2.46. The number of fused-ring (bicyclic) bond motifs is 2. The van der Waals surface area contributed by atoms with Crippen molar-refractivity contribution in [1.29, 1.82) is 0 Å². The Bertz CT molecular complexity index is 3130. The van der Waals surface area contributed by atoms with Gasteiger partial charge < -0.3 is 46.0 Å². The van der Waals surface area contributed by atoms with Crippen molar-refractivity contribution in [2.45, 2.75) is 74.6 Å². The van der Waals surface area contributed by atoms with Crippen LogP contribution in [0.15, 0.2) is 113 Å². The van der Waals surface area contributed by atoms with Gasteiger partial charge in [0.2, 0.25) is 9.84 Å². The van der Waals surface area contributed by atoms with Crippen molar-refractivity contribution in [3.63, 3.8) is 0 Å². The van der Waals surface area contributed by atoms with E-state index in [4.69, 9.17) is 19.6 Å². The van der Waals surface area contributed by atoms with E-state index >= 15 is 0 Å². The molecule has 0 fully saturated rings. The molecule has 17 heteroatoms. The summed E-state index contributed by atoms with van der Waals surface area (Å²) in [5.41, 5.74) is 10.1. The number of nitrogens with zero attached hydrogens (tertiary/aromatic N) is 1. The maximum atomic E-state index is 14.2. The number of carbonyl (C=O) groups is 3. The van der Waals surface area contributed by atoms with E-state index in [0.717, 1.165) is 17.5 Å². The van der Waals surface area contributed by atoms with E-state index < -0.39 is 30.0 Å². The normalized spacial score (nSPS) is 13.0. The number of ether oxygens (including phenoxy) is 2. The van der Waals surface area contributed by atoms with E-state index in [1.807, 2.05) is 0 Å². The van der Waals surface area contributed by atoms with Gasteiger partial charge in [0.1, 0.15) is 17.2 Å². The van der Waals surface area contributed by atoms with Gasteiger partial charge in [0, 0.05) is 58.7 Å². The third-order valence-electron chi connectivity index (χ3n) is 12.2. The number of nitrogens with one attached hydrogen (secondary N) is 4. The summed E-state index contributed by atoms with van der Waals surface area (Å²) in [5.74, 6) is 5.71. The first-order valence-corrected chi connectivity index (χ1v) is 26.7. The molecule has 2 heterocycles. The van der Waals surface area contributed by atoms with Crippen LogP contribution >= 0.6 is 0 Å². The molecule has 1 aliphatic rings. The standard InChI is InChI=1S/C52H56N6O9SSi/c1-32-25-39(28-41-46(32)55-29-42(50(53)61)47(41)56-36-15-12-16-37(27-36)65-5)68(63,64)38-17-11-14-34(26-38)51(62)57-35-20-18-33(19-21-35)13-9-8-10-24-54-30-44(67-69(6,7)52(2,3)4)40-22-23-43(59)48-49(40)66-31-45(60)58-48/h11-12,14-23,25-29,44,54,59H,8,10,24,30-31H2,1-7H3,(H2,53,61)(H,55,56)(H,57,62)(H,58,60)/t44-/m0/s1. The van der Waals surface area contributed by atoms with E-state index in [1.54, 1.807) is 67.6 Å². The Morgan fingerprint density at radius 2 is 1.74 bits per heavy atom. The van der Waals surface area contributed by atoms with Gasteiger partial charge in [-0.3, -0.25) is 19.4 Å². The fraction of sp³-hybridized carbons (Fsp3) is 0.269. The Kier molecular flexibility index (Phi) is 14.8. The van der Waals surface area contributed by atoms with Gasteiger partial charge in [0.25, 0.3) is 17.7 Å². The van der Waals surface area contributed by atoms with Gasteiger partial charge in [-0.15, -0.1) is 0 Å². The van der Waals surface area contributed by atoms with Crippen molar-refractivity contribution in [2.75, 3.05) is 42.8 Å². The van der Waals surface area contributed by atoms with E-state index in [1.165, 1.54) is 49.7 Å². The fourth-order valence-electron chi connectivity index (χ4n) is 7.43. The molecule has 7 N–H and O–H groups in total. The lowest BCUT2D eigenvalue weighted by molar-refractivity contribution is -0.118. The van der Waals surface area contributed by atoms with Gasteiger partial charge in [-0.05, 0) is 122 Å². The number of nitrogens with two attached hydrogens (primary N) is 1. The van der Waals surface area contributed by atoms with Gasteiger partial charge in [0.05, 0.1) is 39.8 Å². The Labute approximate surface area is 403 Å². The van der Waals surface area contributed by atoms with Crippen LogP contribution in [0, 0.1) is 18.8 Å². The molecule has 358 valence electrons. The number of primary amides is 1. The zero-order valence-electron chi connectivity index (χ0n) is 39.6. The number of unbranched alkanes of at least 4 members (excludes halogenated alkanes) is 1. The molecule has 69 heavy (non-hydrogen) atoms. The molecule has 5 aromatic carbocycles. The number of aromatic nitrogens is 1. The third kappa shape index (κ3) is 11.4. The number of hydrogen-bond donors (Lipinski definition) is 6. The van der Waals surface area contributed by atoms with Gasteiger partial charge in [0.15, 0.2) is 20.7 Å². The molecule has 7 rings (SSSR count). The zero-order valence-corrected chi connectivity index (χ0v) is 41.4. The van der Waals surface area contributed by atoms with Crippen molar-refractivity contribution in [2.24, 2.45) is 5.73 Å². The van der Waals surface area contributed by atoms with Crippen molar-refractivity contribution in [3.8, 4) is 29.1 Å². The number of carbonyl (C=O) groups excluding carboxylic acids is 3. The van der Waals surface area contributed by atoms with E-state index in [2.05, 4.69) is 72.0 Å². The minimum atomic E-state index is -4.19. The predicted octanol–water partition coefficient (Wildman–Crippen LogP) is 9.00. The number of aryl methyl sites for hydroxylation is 1. The molecule has 15 nitrogen and oxygen atoms in total. The first-order chi connectivity index (χ1) is 32.7. The molecular formula is C52H56N6O9SSi. The first-order valence-electron chi connectivity index (χ1n) is 22.3. The molecule has 0 unspecified atom stereocenters. The summed E-state index contributed by atoms with van der Waals surface area (Å²) in [4.78, 5) is 42.4. The van der Waals surface area contributed by atoms with Crippen LogP contribution in [0.5, 0.6) is 17.2 Å². The molecule has 1 atom stereocenters. The topological polar surface area (TPSA) is 220 Å². The molecular weight excluding hydrogens is 913 g/mol. The number of anilines is 4. The molecule has 1 aliphatic heterocycles. The Morgan fingerprint density at radius 3 is 2.46 bits per heavy atom. The number of pyridine rings is 1. The maximum absolute atomic E-state index is 14.2. The van der Waals surface area contributed by atoms with Crippen molar-refractivity contribution in [3.05, 3.63) is 131 Å². The summed E-state index contributed by atoms with van der Waals surface area (Å²) >= 11 is 0. The number of sulfone groups is 1. The van der Waals surface area contributed by atoms with Crippen LogP contribution < -0.4 is 36.5 Å². The highest BCUT2D eigenvalue weighted by molar-refractivity contribution is 7.91. The quantitative estimate of drug-likeness (QED) is 0.0232. The Balaban J connectivity index is 0.980.